The van der Waals surface area contributed by atoms with Crippen molar-refractivity contribution in [3.8, 4) is 0 Å². The monoisotopic (exact) mass is 653 g/mol. The van der Waals surface area contributed by atoms with Crippen molar-refractivity contribution in [1.82, 2.24) is 0 Å². The van der Waals surface area contributed by atoms with Crippen LogP contribution in [0.25, 0.3) is 0 Å². The van der Waals surface area contributed by atoms with Gasteiger partial charge in [0.1, 0.15) is 20.4 Å². The van der Waals surface area contributed by atoms with Crippen molar-refractivity contribution in [2.45, 2.75) is 124 Å². The van der Waals surface area contributed by atoms with E-state index in [0.717, 1.165) is 36.9 Å². The second-order valence-electron chi connectivity index (χ2n) is 12.5. The van der Waals surface area contributed by atoms with E-state index in [2.05, 4.69) is 18.6 Å². The molecule has 5 saturated carbocycles. The van der Waals surface area contributed by atoms with Crippen LogP contribution in [0.15, 0.2) is 0 Å². The lowest BCUT2D eigenvalue weighted by atomic mass is 9.55. The maximum Gasteiger partial charge on any atom is 0.159 e. The molecule has 0 aromatic heterocycles. The van der Waals surface area contributed by atoms with Gasteiger partial charge in [0.05, 0.1) is 12.2 Å². The Labute approximate surface area is 276 Å². The molecular weight excluding hydrogens is 580 g/mol. The Morgan fingerprint density at radius 3 is 1.42 bits per heavy atom. The van der Waals surface area contributed by atoms with Gasteiger partial charge in [0.15, 0.2) is 12.6 Å². The van der Waals surface area contributed by atoms with Crippen molar-refractivity contribution in [1.29, 1.82) is 0 Å². The molecule has 5 fully saturated rings. The molecule has 0 amide bonds. The van der Waals surface area contributed by atoms with Crippen LogP contribution in [0.1, 0.15) is 98.8 Å². The zero-order valence-corrected chi connectivity index (χ0v) is 30.9. The fourth-order valence-corrected chi connectivity index (χ4v) is 6.80. The summed E-state index contributed by atoms with van der Waals surface area (Å²) in [6, 6.07) is 0. The average Bonchev–Trinajstić information content (AvgIpc) is 3.04. The Balaban J connectivity index is 0.000000562. The van der Waals surface area contributed by atoms with Gasteiger partial charge in [-0.25, -0.2) is 0 Å². The van der Waals surface area contributed by atoms with Gasteiger partial charge >= 0.3 is 0 Å². The summed E-state index contributed by atoms with van der Waals surface area (Å²) in [6.45, 7) is 12.7. The lowest BCUT2D eigenvalue weighted by molar-refractivity contribution is -0.168. The molecule has 0 aromatic carbocycles. The van der Waals surface area contributed by atoms with Gasteiger partial charge in [0.2, 0.25) is 0 Å². The molecule has 272 valence electrons. The number of hydrogen-bond acceptors (Lipinski definition) is 10. The minimum atomic E-state index is -0.0509. The van der Waals surface area contributed by atoms with Gasteiger partial charge in [0.25, 0.3) is 0 Å². The predicted molar refractivity (Wildman–Crippen MR) is 178 cm³/mol. The van der Waals surface area contributed by atoms with Crippen LogP contribution in [0.3, 0.4) is 0 Å². The van der Waals surface area contributed by atoms with Gasteiger partial charge in [0, 0.05) is 61.8 Å². The molecule has 10 heteroatoms. The van der Waals surface area contributed by atoms with Crippen molar-refractivity contribution in [3.63, 3.8) is 0 Å². The van der Waals surface area contributed by atoms with Crippen molar-refractivity contribution in [2.24, 2.45) is 29.6 Å². The smallest absolute Gasteiger partial charge is 0.159 e. The molecular formula is C35H72O10. The Morgan fingerprint density at radius 1 is 0.578 bits per heavy atom. The van der Waals surface area contributed by atoms with Crippen LogP contribution >= 0.6 is 0 Å². The molecule has 0 aromatic rings. The summed E-state index contributed by atoms with van der Waals surface area (Å²) in [5.41, 5.74) is 0. The third kappa shape index (κ3) is 21.2. The third-order valence-electron chi connectivity index (χ3n) is 8.64. The molecule has 5 rings (SSSR count). The van der Waals surface area contributed by atoms with Crippen molar-refractivity contribution in [3.05, 3.63) is 0 Å². The van der Waals surface area contributed by atoms with Crippen LogP contribution in [-0.4, -0.2) is 101 Å². The van der Waals surface area contributed by atoms with Crippen molar-refractivity contribution < 1.29 is 47.4 Å². The molecule has 1 atom stereocenters. The SMILES string of the molecule is CCOC(C)OC.CCOCOC.COC(OC)C(C)C.COCOC1C2CC3CC(C2)CC1C3.COCOC1CCCCC1. The van der Waals surface area contributed by atoms with Crippen LogP contribution in [-0.2, 0) is 47.4 Å². The van der Waals surface area contributed by atoms with E-state index in [1.807, 2.05) is 20.8 Å². The molecule has 0 N–H and O–H groups in total. The summed E-state index contributed by atoms with van der Waals surface area (Å²) in [4.78, 5) is 0. The molecule has 45 heavy (non-hydrogen) atoms. The van der Waals surface area contributed by atoms with E-state index in [-0.39, 0.29) is 12.6 Å². The van der Waals surface area contributed by atoms with Crippen LogP contribution in [0.5, 0.6) is 0 Å². The molecule has 0 spiro atoms. The van der Waals surface area contributed by atoms with Gasteiger partial charge in [-0.2, -0.15) is 0 Å². The lowest BCUT2D eigenvalue weighted by Crippen LogP contribution is -2.49. The van der Waals surface area contributed by atoms with Crippen molar-refractivity contribution >= 4 is 0 Å². The third-order valence-corrected chi connectivity index (χ3v) is 8.64. The first-order valence-corrected chi connectivity index (χ1v) is 17.2. The van der Waals surface area contributed by atoms with Gasteiger partial charge in [-0.15, -0.1) is 0 Å². The maximum atomic E-state index is 5.85. The van der Waals surface area contributed by atoms with Crippen LogP contribution in [0.4, 0.5) is 0 Å². The first-order valence-electron chi connectivity index (χ1n) is 17.2. The summed E-state index contributed by atoms with van der Waals surface area (Å²) >= 11 is 0. The minimum Gasteiger partial charge on any atom is -0.359 e. The summed E-state index contributed by atoms with van der Waals surface area (Å²) in [5.74, 6) is 4.24. The Hall–Kier alpha value is -0.400. The highest BCUT2D eigenvalue weighted by molar-refractivity contribution is 4.98. The topological polar surface area (TPSA) is 92.3 Å². The number of hydrogen-bond donors (Lipinski definition) is 0. The molecule has 1 unspecified atom stereocenters. The maximum absolute atomic E-state index is 5.85. The Bertz CT molecular complexity index is 581. The standard InChI is InChI=1S/C12H20O2.C8H16O2.C6H14O2.C5H12O2.C4H10O2/c1-13-7-14-12-10-3-8-2-9(5-10)6-11(12)4-8;1-9-7-10-8-5-3-2-4-6-8;1-5(2)6(7-3)8-4;1-4-7-5(2)6-3;1-3-6-4-5-2/h8-12H,2-7H2,1H3;8H,2-7H2,1H3;5-6H,1-4H3;5H,4H2,1-3H3;3-4H2,1-2H3. The highest BCUT2D eigenvalue weighted by atomic mass is 16.7. The van der Waals surface area contributed by atoms with E-state index in [1.165, 1.54) is 64.2 Å². The average molecular weight is 653 g/mol. The van der Waals surface area contributed by atoms with E-state index in [1.54, 1.807) is 42.7 Å². The van der Waals surface area contributed by atoms with Gasteiger partial charge < -0.3 is 47.4 Å². The summed E-state index contributed by atoms with van der Waals surface area (Å²) in [7, 11) is 9.91. The number of methoxy groups -OCH3 is 6. The van der Waals surface area contributed by atoms with E-state index >= 15 is 0 Å². The van der Waals surface area contributed by atoms with Crippen LogP contribution in [0.2, 0.25) is 0 Å². The predicted octanol–water partition coefficient (Wildman–Crippen LogP) is 7.27. The number of rotatable bonds is 15. The minimum absolute atomic E-state index is 0.0463. The lowest BCUT2D eigenvalue weighted by Gasteiger charge is -2.53. The molecule has 0 radical (unpaired) electrons. The van der Waals surface area contributed by atoms with Crippen molar-refractivity contribution in [2.75, 3.05) is 76.3 Å². The molecule has 0 heterocycles. The van der Waals surface area contributed by atoms with Crippen LogP contribution in [0, 0.1) is 29.6 Å². The van der Waals surface area contributed by atoms with E-state index in [0.29, 0.717) is 38.5 Å². The summed E-state index contributed by atoms with van der Waals surface area (Å²) in [6.07, 6.45) is 14.6. The van der Waals surface area contributed by atoms with Gasteiger partial charge in [-0.05, 0) is 89.4 Å². The first kappa shape index (κ1) is 44.6. The van der Waals surface area contributed by atoms with Crippen LogP contribution < -0.4 is 0 Å². The number of ether oxygens (including phenoxy) is 10. The van der Waals surface area contributed by atoms with E-state index in [9.17, 15) is 0 Å². The Kier molecular flexibility index (Phi) is 29.5. The molecule has 0 saturated heterocycles. The van der Waals surface area contributed by atoms with Gasteiger partial charge in [-0.3, -0.25) is 0 Å². The Morgan fingerprint density at radius 2 is 1.09 bits per heavy atom. The second-order valence-corrected chi connectivity index (χ2v) is 12.5. The van der Waals surface area contributed by atoms with Gasteiger partial charge in [-0.1, -0.05) is 33.1 Å². The molecule has 5 aliphatic carbocycles. The first-order chi connectivity index (χ1) is 21.7. The van der Waals surface area contributed by atoms with E-state index < -0.39 is 0 Å². The molecule has 4 bridgehead atoms. The summed E-state index contributed by atoms with van der Waals surface area (Å²) < 4.78 is 50.0. The fraction of sp³-hybridized carbons (Fsp3) is 1.00. The zero-order valence-electron chi connectivity index (χ0n) is 30.9. The molecule has 5 aliphatic rings. The second kappa shape index (κ2) is 29.7. The fourth-order valence-electron chi connectivity index (χ4n) is 6.80. The highest BCUT2D eigenvalue weighted by Crippen LogP contribution is 2.54. The molecule has 10 nitrogen and oxygen atoms in total. The summed E-state index contributed by atoms with van der Waals surface area (Å²) in [5, 5.41) is 0. The molecule has 0 aliphatic heterocycles. The normalized spacial score (nSPS) is 25.7. The quantitative estimate of drug-likeness (QED) is 0.133. The largest absolute Gasteiger partial charge is 0.359 e. The zero-order chi connectivity index (χ0) is 33.9. The van der Waals surface area contributed by atoms with E-state index in [4.69, 9.17) is 42.6 Å². The highest BCUT2D eigenvalue weighted by Gasteiger charge is 2.48.